The minimum absolute atomic E-state index is 0.0381. The number of rotatable bonds is 5. The molecule has 144 valence electrons. The van der Waals surface area contributed by atoms with Crippen molar-refractivity contribution < 1.29 is 23.5 Å². The van der Waals surface area contributed by atoms with E-state index >= 15 is 0 Å². The highest BCUT2D eigenvalue weighted by Crippen LogP contribution is 2.14. The molecule has 1 aliphatic rings. The molecule has 10 heteroatoms. The Labute approximate surface area is 159 Å². The number of carbonyl (C=O) groups excluding carboxylic acids is 3. The quantitative estimate of drug-likeness (QED) is 0.565. The summed E-state index contributed by atoms with van der Waals surface area (Å²) >= 11 is 0. The predicted octanol–water partition coefficient (Wildman–Crippen LogP) is 0.946. The molecule has 0 unspecified atom stereocenters. The van der Waals surface area contributed by atoms with Crippen LogP contribution in [0.25, 0.3) is 0 Å². The maximum Gasteiger partial charge on any atom is 0.356 e. The van der Waals surface area contributed by atoms with E-state index in [0.717, 1.165) is 0 Å². The van der Waals surface area contributed by atoms with E-state index in [0.29, 0.717) is 5.69 Å². The molecule has 1 aromatic carbocycles. The molecule has 0 saturated carbocycles. The van der Waals surface area contributed by atoms with Crippen molar-refractivity contribution >= 4 is 29.3 Å². The number of carbonyl (C=O) groups is 3. The zero-order chi connectivity index (χ0) is 20.1. The molecule has 0 bridgehead atoms. The molecule has 0 saturated heterocycles. The van der Waals surface area contributed by atoms with Crippen molar-refractivity contribution in [1.29, 1.82) is 0 Å². The van der Waals surface area contributed by atoms with Gasteiger partial charge < -0.3 is 26.0 Å². The number of halogens is 1. The lowest BCUT2D eigenvalue weighted by Gasteiger charge is -2.08. The van der Waals surface area contributed by atoms with Crippen molar-refractivity contribution in [3.63, 3.8) is 0 Å². The fourth-order valence-corrected chi connectivity index (χ4v) is 2.39. The van der Waals surface area contributed by atoms with Gasteiger partial charge in [-0.05, 0) is 36.4 Å². The van der Waals surface area contributed by atoms with Crippen LogP contribution in [0.1, 0.15) is 10.4 Å². The maximum atomic E-state index is 12.9. The maximum absolute atomic E-state index is 12.9. The van der Waals surface area contributed by atoms with E-state index < -0.39 is 23.6 Å². The van der Waals surface area contributed by atoms with Gasteiger partial charge in [-0.1, -0.05) is 0 Å². The SMILES string of the molecule is COC(=O)C1=C(C(=O)Nc2ccc(NC(=O)c3ccc(F)cc3)nc2)NCN1. The van der Waals surface area contributed by atoms with Gasteiger partial charge in [-0.3, -0.25) is 9.59 Å². The van der Waals surface area contributed by atoms with Gasteiger partial charge in [-0.2, -0.15) is 0 Å². The fourth-order valence-electron chi connectivity index (χ4n) is 2.39. The molecule has 2 amide bonds. The summed E-state index contributed by atoms with van der Waals surface area (Å²) in [4.78, 5) is 40.1. The van der Waals surface area contributed by atoms with Crippen molar-refractivity contribution in [3.8, 4) is 0 Å². The third kappa shape index (κ3) is 4.23. The van der Waals surface area contributed by atoms with E-state index in [9.17, 15) is 18.8 Å². The Morgan fingerprint density at radius 3 is 2.36 bits per heavy atom. The summed E-state index contributed by atoms with van der Waals surface area (Å²) in [5.74, 6) is -1.84. The second-order valence-corrected chi connectivity index (χ2v) is 5.62. The molecular formula is C18H16FN5O4. The molecule has 0 fully saturated rings. The number of benzene rings is 1. The minimum atomic E-state index is -0.660. The summed E-state index contributed by atoms with van der Waals surface area (Å²) in [7, 11) is 1.22. The number of hydrogen-bond acceptors (Lipinski definition) is 7. The molecule has 0 radical (unpaired) electrons. The third-order valence-electron chi connectivity index (χ3n) is 3.77. The zero-order valence-corrected chi connectivity index (χ0v) is 14.7. The molecule has 28 heavy (non-hydrogen) atoms. The number of nitrogens with zero attached hydrogens (tertiary/aromatic N) is 1. The summed E-state index contributed by atoms with van der Waals surface area (Å²) in [6.07, 6.45) is 1.35. The van der Waals surface area contributed by atoms with Crippen LogP contribution >= 0.6 is 0 Å². The van der Waals surface area contributed by atoms with Crippen LogP contribution in [0.3, 0.4) is 0 Å². The molecular weight excluding hydrogens is 369 g/mol. The van der Waals surface area contributed by atoms with E-state index in [2.05, 4.69) is 31.0 Å². The van der Waals surface area contributed by atoms with E-state index in [4.69, 9.17) is 0 Å². The summed E-state index contributed by atoms with van der Waals surface area (Å²) in [6, 6.07) is 8.11. The smallest absolute Gasteiger partial charge is 0.356 e. The summed E-state index contributed by atoms with van der Waals surface area (Å²) in [5.41, 5.74) is 0.731. The van der Waals surface area contributed by atoms with Gasteiger partial charge in [0.15, 0.2) is 5.70 Å². The van der Waals surface area contributed by atoms with Crippen LogP contribution in [-0.2, 0) is 14.3 Å². The molecule has 1 aliphatic heterocycles. The lowest BCUT2D eigenvalue weighted by Crippen LogP contribution is -2.24. The van der Waals surface area contributed by atoms with Crippen LogP contribution in [0, 0.1) is 5.82 Å². The molecule has 4 N–H and O–H groups in total. The van der Waals surface area contributed by atoms with Crippen LogP contribution in [0.5, 0.6) is 0 Å². The van der Waals surface area contributed by atoms with Crippen molar-refractivity contribution in [2.24, 2.45) is 0 Å². The zero-order valence-electron chi connectivity index (χ0n) is 14.7. The summed E-state index contributed by atoms with van der Waals surface area (Å²) in [5, 5.41) is 10.6. The average Bonchev–Trinajstić information content (AvgIpc) is 3.19. The Morgan fingerprint density at radius 2 is 1.71 bits per heavy atom. The Balaban J connectivity index is 1.64. The van der Waals surface area contributed by atoms with Crippen LogP contribution < -0.4 is 21.3 Å². The fraction of sp³-hybridized carbons (Fsp3) is 0.111. The molecule has 0 aliphatic carbocycles. The van der Waals surface area contributed by atoms with E-state index in [1.54, 1.807) is 0 Å². The molecule has 3 rings (SSSR count). The Morgan fingerprint density at radius 1 is 1.00 bits per heavy atom. The van der Waals surface area contributed by atoms with Gasteiger partial charge in [-0.25, -0.2) is 14.2 Å². The van der Waals surface area contributed by atoms with Crippen LogP contribution in [0.15, 0.2) is 54.0 Å². The minimum Gasteiger partial charge on any atom is -0.464 e. The second kappa shape index (κ2) is 8.16. The van der Waals surface area contributed by atoms with E-state index in [1.807, 2.05) is 0 Å². The first-order chi connectivity index (χ1) is 13.5. The number of hydrogen-bond donors (Lipinski definition) is 4. The highest BCUT2D eigenvalue weighted by Gasteiger charge is 2.26. The molecule has 0 spiro atoms. The predicted molar refractivity (Wildman–Crippen MR) is 97.4 cm³/mol. The van der Waals surface area contributed by atoms with E-state index in [1.165, 1.54) is 49.7 Å². The first-order valence-corrected chi connectivity index (χ1v) is 8.12. The third-order valence-corrected chi connectivity index (χ3v) is 3.77. The van der Waals surface area contributed by atoms with Gasteiger partial charge >= 0.3 is 5.97 Å². The molecule has 0 atom stereocenters. The monoisotopic (exact) mass is 385 g/mol. The molecule has 9 nitrogen and oxygen atoms in total. The Bertz CT molecular complexity index is 941. The molecule has 2 aromatic rings. The largest absolute Gasteiger partial charge is 0.464 e. The average molecular weight is 385 g/mol. The van der Waals surface area contributed by atoms with Crippen LogP contribution in [0.4, 0.5) is 15.9 Å². The number of amides is 2. The van der Waals surface area contributed by atoms with Gasteiger partial charge in [0.2, 0.25) is 0 Å². The topological polar surface area (TPSA) is 121 Å². The highest BCUT2D eigenvalue weighted by molar-refractivity contribution is 6.09. The summed E-state index contributed by atoms with van der Waals surface area (Å²) < 4.78 is 17.5. The number of aromatic nitrogens is 1. The first kappa shape index (κ1) is 18.8. The molecule has 2 heterocycles. The van der Waals surface area contributed by atoms with Gasteiger partial charge in [-0.15, -0.1) is 0 Å². The van der Waals surface area contributed by atoms with Crippen molar-refractivity contribution in [2.45, 2.75) is 0 Å². The number of ether oxygens (including phenoxy) is 1. The van der Waals surface area contributed by atoms with Gasteiger partial charge in [0, 0.05) is 5.56 Å². The molecule has 1 aromatic heterocycles. The number of nitrogens with one attached hydrogen (secondary N) is 4. The van der Waals surface area contributed by atoms with Crippen LogP contribution in [0.2, 0.25) is 0 Å². The standard InChI is InChI=1S/C18H16FN5O4/c1-28-18(27)15-14(21-9-22-15)17(26)23-12-6-7-13(20-8-12)24-16(25)10-2-4-11(19)5-3-10/h2-8,21-22H,9H2,1H3,(H,23,26)(H,20,24,25). The Kier molecular flexibility index (Phi) is 5.49. The normalized spacial score (nSPS) is 12.6. The lowest BCUT2D eigenvalue weighted by atomic mass is 10.2. The number of pyridine rings is 1. The number of methoxy groups -OCH3 is 1. The van der Waals surface area contributed by atoms with E-state index in [-0.39, 0.29) is 29.4 Å². The summed E-state index contributed by atoms with van der Waals surface area (Å²) in [6.45, 7) is 0.222. The van der Waals surface area contributed by atoms with Gasteiger partial charge in [0.1, 0.15) is 17.3 Å². The Hall–Kier alpha value is -3.95. The van der Waals surface area contributed by atoms with Gasteiger partial charge in [0.05, 0.1) is 25.7 Å². The first-order valence-electron chi connectivity index (χ1n) is 8.12. The number of anilines is 2. The second-order valence-electron chi connectivity index (χ2n) is 5.62. The van der Waals surface area contributed by atoms with Crippen molar-refractivity contribution in [2.75, 3.05) is 24.4 Å². The van der Waals surface area contributed by atoms with Crippen molar-refractivity contribution in [3.05, 3.63) is 65.4 Å². The van der Waals surface area contributed by atoms with Gasteiger partial charge in [0.25, 0.3) is 11.8 Å². The van der Waals surface area contributed by atoms with Crippen molar-refractivity contribution in [1.82, 2.24) is 15.6 Å². The number of esters is 1. The van der Waals surface area contributed by atoms with Crippen LogP contribution in [-0.4, -0.2) is 36.5 Å². The highest BCUT2D eigenvalue weighted by atomic mass is 19.1. The lowest BCUT2D eigenvalue weighted by molar-refractivity contribution is -0.136.